The van der Waals surface area contributed by atoms with Crippen molar-refractivity contribution in [1.82, 2.24) is 4.37 Å². The van der Waals surface area contributed by atoms with Crippen LogP contribution in [0.3, 0.4) is 0 Å². The minimum atomic E-state index is -0.466. The average Bonchev–Trinajstić information content (AvgIpc) is 2.80. The summed E-state index contributed by atoms with van der Waals surface area (Å²) in [6.45, 7) is 2.04. The van der Waals surface area contributed by atoms with E-state index in [4.69, 9.17) is 27.9 Å². The highest BCUT2D eigenvalue weighted by Gasteiger charge is 2.17. The van der Waals surface area contributed by atoms with Gasteiger partial charge >= 0.3 is 5.97 Å². The van der Waals surface area contributed by atoms with Gasteiger partial charge in [0.15, 0.2) is 5.69 Å². The van der Waals surface area contributed by atoms with Crippen LogP contribution in [0, 0.1) is 0 Å². The molecule has 5 nitrogen and oxygen atoms in total. The van der Waals surface area contributed by atoms with E-state index in [2.05, 4.69) is 9.69 Å². The molecular weight excluding hydrogens is 335 g/mol. The molecule has 1 N–H and O–H groups in total. The summed E-state index contributed by atoms with van der Waals surface area (Å²) in [6.07, 6.45) is 0. The Balaban J connectivity index is 2.08. The number of ether oxygens (including phenoxy) is 1. The number of benzene rings is 1. The van der Waals surface area contributed by atoms with Crippen LogP contribution in [-0.2, 0) is 4.74 Å². The molecule has 21 heavy (non-hydrogen) atoms. The Morgan fingerprint density at radius 3 is 2.48 bits per heavy atom. The largest absolute Gasteiger partial charge is 0.462 e. The molecule has 0 aliphatic carbocycles. The van der Waals surface area contributed by atoms with Gasteiger partial charge in [-0.15, -0.1) is 0 Å². The van der Waals surface area contributed by atoms with E-state index >= 15 is 0 Å². The zero-order chi connectivity index (χ0) is 15.4. The fourth-order valence-electron chi connectivity index (χ4n) is 1.49. The van der Waals surface area contributed by atoms with E-state index in [1.807, 2.05) is 0 Å². The number of hydrogen-bond donors (Lipinski definition) is 1. The number of amides is 1. The maximum absolute atomic E-state index is 12.0. The first-order valence-corrected chi connectivity index (χ1v) is 7.45. The lowest BCUT2D eigenvalue weighted by Gasteiger charge is -2.05. The Morgan fingerprint density at radius 1 is 1.29 bits per heavy atom. The van der Waals surface area contributed by atoms with E-state index in [0.29, 0.717) is 17.9 Å². The summed E-state index contributed by atoms with van der Waals surface area (Å²) in [5.41, 5.74) is 0.985. The van der Waals surface area contributed by atoms with E-state index in [1.54, 1.807) is 31.2 Å². The summed E-state index contributed by atoms with van der Waals surface area (Å²) >= 11 is 12.6. The number of aromatic nitrogens is 1. The molecule has 0 aliphatic rings. The number of carbonyl (C=O) groups excluding carboxylic acids is 2. The number of carbonyl (C=O) groups is 2. The molecule has 0 spiro atoms. The summed E-state index contributed by atoms with van der Waals surface area (Å²) in [6, 6.07) is 6.30. The van der Waals surface area contributed by atoms with E-state index in [1.165, 1.54) is 0 Å². The van der Waals surface area contributed by atoms with Crippen molar-refractivity contribution in [3.8, 4) is 0 Å². The van der Waals surface area contributed by atoms with Gasteiger partial charge in [0.2, 0.25) is 0 Å². The van der Waals surface area contributed by atoms with Crippen molar-refractivity contribution < 1.29 is 14.3 Å². The number of esters is 1. The molecule has 0 saturated heterocycles. The molecule has 1 amide bonds. The Hall–Kier alpha value is -1.63. The maximum Gasteiger partial charge on any atom is 0.338 e. The van der Waals surface area contributed by atoms with Crippen molar-refractivity contribution in [3.05, 3.63) is 44.9 Å². The van der Waals surface area contributed by atoms with Crippen LogP contribution >= 0.6 is 34.7 Å². The van der Waals surface area contributed by atoms with Crippen molar-refractivity contribution in [3.63, 3.8) is 0 Å². The Bertz CT molecular complexity index is 671. The number of anilines is 1. The van der Waals surface area contributed by atoms with Crippen molar-refractivity contribution in [2.75, 3.05) is 11.9 Å². The lowest BCUT2D eigenvalue weighted by molar-refractivity contribution is 0.0526. The van der Waals surface area contributed by atoms with Gasteiger partial charge in [0.05, 0.1) is 12.2 Å². The smallest absolute Gasteiger partial charge is 0.338 e. The van der Waals surface area contributed by atoms with Gasteiger partial charge in [-0.1, -0.05) is 23.2 Å². The number of rotatable bonds is 4. The lowest BCUT2D eigenvalue weighted by Crippen LogP contribution is -2.13. The van der Waals surface area contributed by atoms with Gasteiger partial charge in [-0.3, -0.25) is 4.79 Å². The third-order valence-corrected chi connectivity index (χ3v) is 4.08. The second-order valence-electron chi connectivity index (χ2n) is 3.87. The highest BCUT2D eigenvalue weighted by molar-refractivity contribution is 7.11. The third-order valence-electron chi connectivity index (χ3n) is 2.47. The molecule has 2 aromatic rings. The monoisotopic (exact) mass is 344 g/mol. The fourth-order valence-corrected chi connectivity index (χ4v) is 2.49. The molecule has 1 aromatic heterocycles. The van der Waals surface area contributed by atoms with Gasteiger partial charge in [0.1, 0.15) is 9.36 Å². The lowest BCUT2D eigenvalue weighted by atomic mass is 10.2. The zero-order valence-corrected chi connectivity index (χ0v) is 13.2. The van der Waals surface area contributed by atoms with Crippen molar-refractivity contribution in [2.24, 2.45) is 0 Å². The third kappa shape index (κ3) is 3.72. The Morgan fingerprint density at radius 2 is 1.95 bits per heavy atom. The van der Waals surface area contributed by atoms with Gasteiger partial charge in [-0.25, -0.2) is 4.79 Å². The molecule has 0 atom stereocenters. The Kier molecular flexibility index (Phi) is 5.17. The van der Waals surface area contributed by atoms with Crippen LogP contribution in [-0.4, -0.2) is 22.9 Å². The summed E-state index contributed by atoms with van der Waals surface area (Å²) in [5, 5.41) is 2.75. The van der Waals surface area contributed by atoms with Crippen molar-refractivity contribution >= 4 is 52.3 Å². The molecule has 0 saturated carbocycles. The topological polar surface area (TPSA) is 68.3 Å². The van der Waals surface area contributed by atoms with Crippen LogP contribution in [0.25, 0.3) is 0 Å². The maximum atomic E-state index is 12.0. The molecule has 1 heterocycles. The second kappa shape index (κ2) is 6.89. The molecule has 2 rings (SSSR count). The van der Waals surface area contributed by atoms with Crippen LogP contribution in [0.5, 0.6) is 0 Å². The number of hydrogen-bond acceptors (Lipinski definition) is 5. The molecule has 0 radical (unpaired) electrons. The minimum Gasteiger partial charge on any atom is -0.462 e. The molecule has 0 unspecified atom stereocenters. The summed E-state index contributed by atoms with van der Waals surface area (Å²) in [4.78, 5) is 23.5. The van der Waals surface area contributed by atoms with E-state index in [0.717, 1.165) is 11.5 Å². The van der Waals surface area contributed by atoms with E-state index in [-0.39, 0.29) is 15.1 Å². The van der Waals surface area contributed by atoms with Gasteiger partial charge in [-0.2, -0.15) is 4.37 Å². The molecule has 0 fully saturated rings. The normalized spacial score (nSPS) is 10.2. The van der Waals surface area contributed by atoms with Crippen LogP contribution in [0.4, 0.5) is 5.69 Å². The highest BCUT2D eigenvalue weighted by atomic mass is 35.5. The van der Waals surface area contributed by atoms with Crippen LogP contribution < -0.4 is 5.32 Å². The van der Waals surface area contributed by atoms with Crippen molar-refractivity contribution in [2.45, 2.75) is 6.92 Å². The van der Waals surface area contributed by atoms with Gasteiger partial charge < -0.3 is 10.1 Å². The molecule has 0 bridgehead atoms. The van der Waals surface area contributed by atoms with Crippen LogP contribution in [0.1, 0.15) is 27.8 Å². The second-order valence-corrected chi connectivity index (χ2v) is 5.62. The van der Waals surface area contributed by atoms with Gasteiger partial charge in [0, 0.05) is 5.69 Å². The van der Waals surface area contributed by atoms with Crippen LogP contribution in [0.2, 0.25) is 9.36 Å². The first-order chi connectivity index (χ1) is 10.0. The standard InChI is InChI=1S/C13H10Cl2N2O3S/c1-2-20-13(19)7-3-5-8(6-4-7)16-12(18)10-9(14)11(15)21-17-10/h3-6H,2H2,1H3,(H,16,18). The highest BCUT2D eigenvalue weighted by Crippen LogP contribution is 2.29. The molecular formula is C13H10Cl2N2O3S. The minimum absolute atomic E-state index is 0.0705. The van der Waals surface area contributed by atoms with E-state index in [9.17, 15) is 9.59 Å². The van der Waals surface area contributed by atoms with Gasteiger partial charge in [-0.05, 0) is 42.7 Å². The fraction of sp³-hybridized carbons (Fsp3) is 0.154. The van der Waals surface area contributed by atoms with Crippen molar-refractivity contribution in [1.29, 1.82) is 0 Å². The first-order valence-electron chi connectivity index (χ1n) is 5.92. The summed E-state index contributed by atoms with van der Waals surface area (Å²) in [5.74, 6) is -0.878. The molecule has 8 heteroatoms. The quantitative estimate of drug-likeness (QED) is 0.854. The zero-order valence-electron chi connectivity index (χ0n) is 10.9. The van der Waals surface area contributed by atoms with E-state index < -0.39 is 11.9 Å². The average molecular weight is 345 g/mol. The predicted octanol–water partition coefficient (Wildman–Crippen LogP) is 3.88. The molecule has 1 aromatic carbocycles. The summed E-state index contributed by atoms with van der Waals surface area (Å²) < 4.78 is 9.01. The predicted molar refractivity (Wildman–Crippen MR) is 82.5 cm³/mol. The number of nitrogens with zero attached hydrogens (tertiary/aromatic N) is 1. The summed E-state index contributed by atoms with van der Waals surface area (Å²) in [7, 11) is 0. The first kappa shape index (κ1) is 15.8. The SMILES string of the molecule is CCOC(=O)c1ccc(NC(=O)c2nsc(Cl)c2Cl)cc1. The number of nitrogens with one attached hydrogen (secondary N) is 1. The van der Waals surface area contributed by atoms with Gasteiger partial charge in [0.25, 0.3) is 5.91 Å². The van der Waals surface area contributed by atoms with Crippen LogP contribution in [0.15, 0.2) is 24.3 Å². The molecule has 0 aliphatic heterocycles. The molecule has 110 valence electrons. The number of halogens is 2. The Labute approximate surface area is 135 Å².